The summed E-state index contributed by atoms with van der Waals surface area (Å²) in [6, 6.07) is 13.3. The average molecular weight is 364 g/mol. The maximum Gasteiger partial charge on any atom is 0.244 e. The molecule has 0 saturated heterocycles. The number of para-hydroxylation sites is 2. The molecule has 0 aliphatic carbocycles. The average Bonchev–Trinajstić information content (AvgIpc) is 2.92. The molecule has 1 heterocycles. The summed E-state index contributed by atoms with van der Waals surface area (Å²) in [6.45, 7) is 7.45. The lowest BCUT2D eigenvalue weighted by Gasteiger charge is -2.15. The molecular weight excluding hydrogens is 340 g/mol. The van der Waals surface area contributed by atoms with Crippen LogP contribution in [-0.2, 0) is 16.1 Å². The SMILES string of the molecule is CC(=O)NC(C)c1nc2ccccc2n1CC(=O)Nc1cc(C)cc(C)c1. The maximum atomic E-state index is 12.7. The molecule has 1 atom stereocenters. The molecule has 1 unspecified atom stereocenters. The van der Waals surface area contributed by atoms with E-state index in [4.69, 9.17) is 0 Å². The monoisotopic (exact) mass is 364 g/mol. The molecule has 0 bridgehead atoms. The van der Waals surface area contributed by atoms with Gasteiger partial charge >= 0.3 is 0 Å². The number of anilines is 1. The molecule has 0 saturated carbocycles. The van der Waals surface area contributed by atoms with Gasteiger partial charge in [0.2, 0.25) is 11.8 Å². The van der Waals surface area contributed by atoms with Gasteiger partial charge in [-0.15, -0.1) is 0 Å². The van der Waals surface area contributed by atoms with E-state index >= 15 is 0 Å². The number of nitrogens with zero attached hydrogens (tertiary/aromatic N) is 2. The van der Waals surface area contributed by atoms with E-state index in [1.807, 2.05) is 61.7 Å². The second-order valence-corrected chi connectivity index (χ2v) is 6.89. The van der Waals surface area contributed by atoms with Gasteiger partial charge in [0.05, 0.1) is 17.1 Å². The Morgan fingerprint density at radius 3 is 2.44 bits per heavy atom. The molecule has 1 aromatic heterocycles. The van der Waals surface area contributed by atoms with E-state index < -0.39 is 0 Å². The minimum absolute atomic E-state index is 0.118. The van der Waals surface area contributed by atoms with E-state index in [9.17, 15) is 9.59 Å². The molecule has 3 rings (SSSR count). The van der Waals surface area contributed by atoms with Gasteiger partial charge in [0.15, 0.2) is 0 Å². The van der Waals surface area contributed by atoms with Crippen LogP contribution in [0.25, 0.3) is 11.0 Å². The third kappa shape index (κ3) is 4.34. The lowest BCUT2D eigenvalue weighted by atomic mass is 10.1. The van der Waals surface area contributed by atoms with Gasteiger partial charge in [-0.25, -0.2) is 4.98 Å². The fraction of sp³-hybridized carbons (Fsp3) is 0.286. The predicted octanol–water partition coefficient (Wildman–Crippen LogP) is 3.49. The third-order valence-corrected chi connectivity index (χ3v) is 4.30. The lowest BCUT2D eigenvalue weighted by molar-refractivity contribution is -0.119. The summed E-state index contributed by atoms with van der Waals surface area (Å²) in [5.41, 5.74) is 4.62. The van der Waals surface area contributed by atoms with Crippen LogP contribution in [0.2, 0.25) is 0 Å². The summed E-state index contributed by atoms with van der Waals surface area (Å²) in [6.07, 6.45) is 0. The summed E-state index contributed by atoms with van der Waals surface area (Å²) in [5.74, 6) is 0.377. The standard InChI is InChI=1S/C21H24N4O2/c1-13-9-14(2)11-17(10-13)23-20(27)12-25-19-8-6-5-7-18(19)24-21(25)15(3)22-16(4)26/h5-11,15H,12H2,1-4H3,(H,22,26)(H,23,27). The molecule has 140 valence electrons. The van der Waals surface area contributed by atoms with Crippen molar-refractivity contribution in [3.8, 4) is 0 Å². The van der Waals surface area contributed by atoms with E-state index in [0.29, 0.717) is 5.82 Å². The van der Waals surface area contributed by atoms with Crippen molar-refractivity contribution >= 4 is 28.5 Å². The molecule has 2 N–H and O–H groups in total. The van der Waals surface area contributed by atoms with Crippen molar-refractivity contribution in [2.45, 2.75) is 40.3 Å². The van der Waals surface area contributed by atoms with Crippen LogP contribution < -0.4 is 10.6 Å². The summed E-state index contributed by atoms with van der Waals surface area (Å²) >= 11 is 0. The van der Waals surface area contributed by atoms with Crippen molar-refractivity contribution in [1.29, 1.82) is 0 Å². The Morgan fingerprint density at radius 1 is 1.11 bits per heavy atom. The number of fused-ring (bicyclic) bond motifs is 1. The fourth-order valence-electron chi connectivity index (χ4n) is 3.35. The second-order valence-electron chi connectivity index (χ2n) is 6.89. The van der Waals surface area contributed by atoms with E-state index in [1.54, 1.807) is 0 Å². The van der Waals surface area contributed by atoms with Gasteiger partial charge in [0.1, 0.15) is 12.4 Å². The first-order valence-corrected chi connectivity index (χ1v) is 8.94. The Hall–Kier alpha value is -3.15. The predicted molar refractivity (Wildman–Crippen MR) is 107 cm³/mol. The van der Waals surface area contributed by atoms with Crippen LogP contribution in [0.15, 0.2) is 42.5 Å². The van der Waals surface area contributed by atoms with Gasteiger partial charge in [-0.05, 0) is 56.2 Å². The van der Waals surface area contributed by atoms with Crippen LogP contribution in [0.4, 0.5) is 5.69 Å². The summed E-state index contributed by atoms with van der Waals surface area (Å²) in [7, 11) is 0. The highest BCUT2D eigenvalue weighted by Crippen LogP contribution is 2.21. The second kappa shape index (κ2) is 7.61. The van der Waals surface area contributed by atoms with Crippen LogP contribution in [0.1, 0.15) is 36.8 Å². The van der Waals surface area contributed by atoms with Crippen molar-refractivity contribution in [3.63, 3.8) is 0 Å². The number of benzene rings is 2. The van der Waals surface area contributed by atoms with E-state index in [0.717, 1.165) is 27.8 Å². The molecule has 0 spiro atoms. The molecule has 2 amide bonds. The summed E-state index contributed by atoms with van der Waals surface area (Å²) < 4.78 is 1.86. The van der Waals surface area contributed by atoms with Gasteiger partial charge in [0, 0.05) is 12.6 Å². The Labute approximate surface area is 158 Å². The molecule has 0 aliphatic rings. The van der Waals surface area contributed by atoms with Crippen LogP contribution in [-0.4, -0.2) is 21.4 Å². The Bertz CT molecular complexity index is 986. The van der Waals surface area contributed by atoms with Gasteiger partial charge in [0.25, 0.3) is 0 Å². The Morgan fingerprint density at radius 2 is 1.78 bits per heavy atom. The molecule has 3 aromatic rings. The van der Waals surface area contributed by atoms with E-state index in [2.05, 4.69) is 21.7 Å². The molecule has 27 heavy (non-hydrogen) atoms. The van der Waals surface area contributed by atoms with Crippen molar-refractivity contribution < 1.29 is 9.59 Å². The number of aromatic nitrogens is 2. The molecule has 6 nitrogen and oxygen atoms in total. The number of imidazole rings is 1. The lowest BCUT2D eigenvalue weighted by Crippen LogP contribution is -2.28. The number of hydrogen-bond acceptors (Lipinski definition) is 3. The number of carbonyl (C=O) groups excluding carboxylic acids is 2. The first-order chi connectivity index (χ1) is 12.8. The fourth-order valence-corrected chi connectivity index (χ4v) is 3.35. The van der Waals surface area contributed by atoms with E-state index in [1.165, 1.54) is 6.92 Å². The number of nitrogens with one attached hydrogen (secondary N) is 2. The van der Waals surface area contributed by atoms with Crippen molar-refractivity contribution in [2.75, 3.05) is 5.32 Å². The van der Waals surface area contributed by atoms with Crippen LogP contribution in [0.5, 0.6) is 0 Å². The van der Waals surface area contributed by atoms with Crippen molar-refractivity contribution in [3.05, 3.63) is 59.4 Å². The van der Waals surface area contributed by atoms with Crippen LogP contribution in [0.3, 0.4) is 0 Å². The Kier molecular flexibility index (Phi) is 5.26. The zero-order valence-electron chi connectivity index (χ0n) is 16.0. The van der Waals surface area contributed by atoms with Crippen LogP contribution in [0, 0.1) is 13.8 Å². The maximum absolute atomic E-state index is 12.7. The molecular formula is C21H24N4O2. The quantitative estimate of drug-likeness (QED) is 0.728. The number of amides is 2. The highest BCUT2D eigenvalue weighted by Gasteiger charge is 2.19. The topological polar surface area (TPSA) is 76.0 Å². The number of hydrogen-bond donors (Lipinski definition) is 2. The molecule has 2 aromatic carbocycles. The minimum atomic E-state index is -0.302. The summed E-state index contributed by atoms with van der Waals surface area (Å²) in [4.78, 5) is 28.8. The van der Waals surface area contributed by atoms with Gasteiger partial charge in [-0.2, -0.15) is 0 Å². The highest BCUT2D eigenvalue weighted by molar-refractivity contribution is 5.92. The third-order valence-electron chi connectivity index (χ3n) is 4.30. The molecule has 6 heteroatoms. The zero-order valence-corrected chi connectivity index (χ0v) is 16.0. The number of rotatable bonds is 5. The molecule has 0 radical (unpaired) electrons. The van der Waals surface area contributed by atoms with Gasteiger partial charge in [-0.3, -0.25) is 9.59 Å². The Balaban J connectivity index is 1.90. The first kappa shape index (κ1) is 18.6. The minimum Gasteiger partial charge on any atom is -0.347 e. The normalized spacial score (nSPS) is 12.0. The highest BCUT2D eigenvalue weighted by atomic mass is 16.2. The first-order valence-electron chi connectivity index (χ1n) is 8.94. The number of aryl methyl sites for hydroxylation is 2. The zero-order chi connectivity index (χ0) is 19.6. The molecule has 0 fully saturated rings. The van der Waals surface area contributed by atoms with Crippen molar-refractivity contribution in [2.24, 2.45) is 0 Å². The van der Waals surface area contributed by atoms with Gasteiger partial charge in [-0.1, -0.05) is 18.2 Å². The van der Waals surface area contributed by atoms with E-state index in [-0.39, 0.29) is 24.4 Å². The van der Waals surface area contributed by atoms with Crippen LogP contribution >= 0.6 is 0 Å². The summed E-state index contributed by atoms with van der Waals surface area (Å²) in [5, 5.41) is 5.80. The molecule has 0 aliphatic heterocycles. The van der Waals surface area contributed by atoms with Crippen molar-refractivity contribution in [1.82, 2.24) is 14.9 Å². The number of carbonyl (C=O) groups is 2. The smallest absolute Gasteiger partial charge is 0.244 e. The van der Waals surface area contributed by atoms with Gasteiger partial charge < -0.3 is 15.2 Å². The largest absolute Gasteiger partial charge is 0.347 e.